The van der Waals surface area contributed by atoms with Gasteiger partial charge in [-0.05, 0) is 81.9 Å². The minimum absolute atomic E-state index is 0.571. The van der Waals surface area contributed by atoms with Crippen LogP contribution in [0.2, 0.25) is 0 Å². The van der Waals surface area contributed by atoms with Crippen LogP contribution in [-0.4, -0.2) is 19.5 Å². The Hall–Kier alpha value is -9.19. The molecule has 0 bridgehead atoms. The third-order valence-corrected chi connectivity index (χ3v) is 13.1. The summed E-state index contributed by atoms with van der Waals surface area (Å²) in [6.07, 6.45) is 0. The molecule has 0 spiro atoms. The summed E-state index contributed by atoms with van der Waals surface area (Å²) in [5, 5.41) is 4.34. The molecule has 0 atom stereocenters. The smallest absolute Gasteiger partial charge is 0.164 e. The van der Waals surface area contributed by atoms with E-state index < -0.39 is 0 Å². The van der Waals surface area contributed by atoms with Crippen molar-refractivity contribution in [2.45, 2.75) is 0 Å². The fourth-order valence-corrected chi connectivity index (χ4v) is 9.87. The van der Waals surface area contributed by atoms with Crippen molar-refractivity contribution in [3.63, 3.8) is 0 Å². The lowest BCUT2D eigenvalue weighted by atomic mass is 9.92. The molecule has 13 aromatic rings. The number of para-hydroxylation sites is 1. The largest absolute Gasteiger partial charge is 0.456 e. The van der Waals surface area contributed by atoms with Gasteiger partial charge in [0.15, 0.2) is 17.5 Å². The second kappa shape index (κ2) is 16.4. The van der Waals surface area contributed by atoms with Gasteiger partial charge in [0.05, 0.1) is 16.7 Å². The SMILES string of the molecule is c1ccc(-c2ccc3c(c2)c2cc(-c4ccccc4)ccc2n3-c2c(-c3ccccc3)cc(-c3nc(-c4ccccc4)nc(-c4cccc5oc6ccccc6c45)n3)cc2-c2ccccc2)cc1. The van der Waals surface area contributed by atoms with Crippen molar-refractivity contribution in [1.82, 2.24) is 19.5 Å². The number of hydrogen-bond donors (Lipinski definition) is 0. The molecule has 5 heteroatoms. The molecular weight excluding hydrogens is 829 g/mol. The number of hydrogen-bond acceptors (Lipinski definition) is 4. The van der Waals surface area contributed by atoms with E-state index in [9.17, 15) is 0 Å². The van der Waals surface area contributed by atoms with Crippen LogP contribution in [-0.2, 0) is 0 Å². The Kier molecular flexibility index (Phi) is 9.43. The molecule has 68 heavy (non-hydrogen) atoms. The Morgan fingerprint density at radius 2 is 0.721 bits per heavy atom. The van der Waals surface area contributed by atoms with E-state index in [1.807, 2.05) is 48.5 Å². The summed E-state index contributed by atoms with van der Waals surface area (Å²) in [4.78, 5) is 15.9. The minimum atomic E-state index is 0.571. The van der Waals surface area contributed by atoms with E-state index in [0.29, 0.717) is 17.5 Å². The molecular formula is C63H40N4O. The first-order chi connectivity index (χ1) is 33.7. The Morgan fingerprint density at radius 1 is 0.279 bits per heavy atom. The second-order valence-corrected chi connectivity index (χ2v) is 17.1. The van der Waals surface area contributed by atoms with Crippen LogP contribution in [0.25, 0.3) is 128 Å². The number of furan rings is 1. The van der Waals surface area contributed by atoms with Crippen LogP contribution < -0.4 is 0 Å². The van der Waals surface area contributed by atoms with Crippen LogP contribution in [0, 0.1) is 0 Å². The highest BCUT2D eigenvalue weighted by Gasteiger charge is 2.24. The number of rotatable bonds is 8. The predicted molar refractivity (Wildman–Crippen MR) is 279 cm³/mol. The molecule has 0 saturated heterocycles. The fraction of sp³-hybridized carbons (Fsp3) is 0. The topological polar surface area (TPSA) is 56.7 Å². The predicted octanol–water partition coefficient (Wildman–Crippen LogP) is 16.5. The zero-order chi connectivity index (χ0) is 45.0. The second-order valence-electron chi connectivity index (χ2n) is 17.1. The number of fused-ring (bicyclic) bond motifs is 6. The Bertz CT molecular complexity index is 3840. The lowest BCUT2D eigenvalue weighted by molar-refractivity contribution is 0.669. The van der Waals surface area contributed by atoms with Crippen molar-refractivity contribution in [3.05, 3.63) is 243 Å². The summed E-state index contributed by atoms with van der Waals surface area (Å²) in [6, 6.07) is 85.5. The van der Waals surface area contributed by atoms with Gasteiger partial charge in [0.2, 0.25) is 0 Å². The Morgan fingerprint density at radius 3 is 1.26 bits per heavy atom. The lowest BCUT2D eigenvalue weighted by Crippen LogP contribution is -2.04. The van der Waals surface area contributed by atoms with Crippen LogP contribution in [0.4, 0.5) is 0 Å². The molecule has 0 unspecified atom stereocenters. The molecule has 0 radical (unpaired) electrons. The van der Waals surface area contributed by atoms with Gasteiger partial charge in [0.25, 0.3) is 0 Å². The molecule has 5 nitrogen and oxygen atoms in total. The number of benzene rings is 10. The molecule has 10 aromatic carbocycles. The maximum absolute atomic E-state index is 6.37. The van der Waals surface area contributed by atoms with Gasteiger partial charge < -0.3 is 8.98 Å². The van der Waals surface area contributed by atoms with E-state index >= 15 is 0 Å². The molecule has 0 aliphatic heterocycles. The summed E-state index contributed by atoms with van der Waals surface area (Å²) in [6.45, 7) is 0. The number of nitrogens with zero attached hydrogens (tertiary/aromatic N) is 4. The summed E-state index contributed by atoms with van der Waals surface area (Å²) in [7, 11) is 0. The normalized spacial score (nSPS) is 11.5. The zero-order valence-corrected chi connectivity index (χ0v) is 36.8. The lowest BCUT2D eigenvalue weighted by Gasteiger charge is -2.21. The highest BCUT2D eigenvalue weighted by molar-refractivity contribution is 6.14. The maximum atomic E-state index is 6.37. The van der Waals surface area contributed by atoms with Crippen molar-refractivity contribution >= 4 is 43.7 Å². The zero-order valence-electron chi connectivity index (χ0n) is 36.8. The molecule has 13 rings (SSSR count). The monoisotopic (exact) mass is 868 g/mol. The molecule has 318 valence electrons. The van der Waals surface area contributed by atoms with E-state index in [1.165, 1.54) is 33.0 Å². The van der Waals surface area contributed by atoms with Crippen LogP contribution in [0.3, 0.4) is 0 Å². The molecule has 0 aliphatic rings. The van der Waals surface area contributed by atoms with Gasteiger partial charge >= 0.3 is 0 Å². The molecule has 0 saturated carbocycles. The first kappa shape index (κ1) is 39.2. The minimum Gasteiger partial charge on any atom is -0.456 e. The maximum Gasteiger partial charge on any atom is 0.164 e. The van der Waals surface area contributed by atoms with Crippen molar-refractivity contribution in [2.24, 2.45) is 0 Å². The van der Waals surface area contributed by atoms with Gasteiger partial charge in [-0.3, -0.25) is 0 Å². The highest BCUT2D eigenvalue weighted by atomic mass is 16.3. The molecule has 0 N–H and O–H groups in total. The van der Waals surface area contributed by atoms with Crippen molar-refractivity contribution in [3.8, 4) is 84.4 Å². The van der Waals surface area contributed by atoms with Gasteiger partial charge in [0, 0.05) is 49.4 Å². The molecule has 0 aliphatic carbocycles. The van der Waals surface area contributed by atoms with Gasteiger partial charge in [0.1, 0.15) is 11.2 Å². The average molecular weight is 869 g/mol. The summed E-state index contributed by atoms with van der Waals surface area (Å²) in [5.41, 5.74) is 16.5. The summed E-state index contributed by atoms with van der Waals surface area (Å²) in [5.74, 6) is 1.73. The van der Waals surface area contributed by atoms with E-state index in [-0.39, 0.29) is 0 Å². The first-order valence-electron chi connectivity index (χ1n) is 22.9. The van der Waals surface area contributed by atoms with Crippen molar-refractivity contribution < 1.29 is 4.42 Å². The molecule has 3 aromatic heterocycles. The van der Waals surface area contributed by atoms with Gasteiger partial charge in [-0.2, -0.15) is 0 Å². The molecule has 0 amide bonds. The van der Waals surface area contributed by atoms with Crippen LogP contribution >= 0.6 is 0 Å². The first-order valence-corrected chi connectivity index (χ1v) is 22.9. The van der Waals surface area contributed by atoms with Crippen LogP contribution in [0.15, 0.2) is 247 Å². The highest BCUT2D eigenvalue weighted by Crippen LogP contribution is 2.45. The van der Waals surface area contributed by atoms with E-state index in [1.54, 1.807) is 0 Å². The number of aromatic nitrogens is 4. The van der Waals surface area contributed by atoms with E-state index in [2.05, 4.69) is 199 Å². The molecule has 3 heterocycles. The third-order valence-electron chi connectivity index (χ3n) is 13.1. The van der Waals surface area contributed by atoms with Crippen molar-refractivity contribution in [1.29, 1.82) is 0 Å². The third kappa shape index (κ3) is 6.76. The Labute approximate surface area is 392 Å². The molecule has 0 fully saturated rings. The quantitative estimate of drug-likeness (QED) is 0.153. The summed E-state index contributed by atoms with van der Waals surface area (Å²) < 4.78 is 8.84. The van der Waals surface area contributed by atoms with Crippen LogP contribution in [0.5, 0.6) is 0 Å². The van der Waals surface area contributed by atoms with E-state index in [0.717, 1.165) is 77.6 Å². The van der Waals surface area contributed by atoms with Crippen LogP contribution in [0.1, 0.15) is 0 Å². The fourth-order valence-electron chi connectivity index (χ4n) is 9.87. The van der Waals surface area contributed by atoms with Crippen molar-refractivity contribution in [2.75, 3.05) is 0 Å². The van der Waals surface area contributed by atoms with E-state index in [4.69, 9.17) is 19.4 Å². The Balaban J connectivity index is 1.12. The van der Waals surface area contributed by atoms with Gasteiger partial charge in [-0.15, -0.1) is 0 Å². The average Bonchev–Trinajstić information content (AvgIpc) is 3.97. The van der Waals surface area contributed by atoms with Gasteiger partial charge in [-0.1, -0.05) is 194 Å². The standard InChI is InChI=1S/C63H40N4O/c1-6-19-41(20-7-1)46-33-35-55-53(37-46)54-38-47(42-21-8-2-9-22-42)34-36-56(54)67(55)60-51(43-23-10-3-11-24-43)39-48(40-52(60)44-25-12-4-13-26-44)62-64-61(45-27-14-5-15-28-45)65-63(66-62)50-30-18-32-58-59(50)49-29-16-17-31-57(49)68-58/h1-40H. The summed E-state index contributed by atoms with van der Waals surface area (Å²) >= 11 is 0. The van der Waals surface area contributed by atoms with Gasteiger partial charge in [-0.25, -0.2) is 15.0 Å².